The van der Waals surface area contributed by atoms with Crippen LogP contribution in [0.3, 0.4) is 0 Å². The second kappa shape index (κ2) is 4.88. The highest BCUT2D eigenvalue weighted by Crippen LogP contribution is 2.45. The van der Waals surface area contributed by atoms with Crippen molar-refractivity contribution < 1.29 is 19.2 Å². The van der Waals surface area contributed by atoms with Crippen LogP contribution in [0, 0.1) is 10.1 Å². The average Bonchev–Trinajstić information content (AvgIpc) is 2.91. The molecular formula is C13H10N2O5S. The van der Waals surface area contributed by atoms with Gasteiger partial charge in [-0.2, -0.15) is 0 Å². The van der Waals surface area contributed by atoms with Crippen LogP contribution in [0.4, 0.5) is 0 Å². The Labute approximate surface area is 123 Å². The van der Waals surface area contributed by atoms with Crippen LogP contribution in [0.1, 0.15) is 22.0 Å². The number of thioether (sulfide) groups is 1. The van der Waals surface area contributed by atoms with E-state index < -0.39 is 22.2 Å². The van der Waals surface area contributed by atoms with Crippen molar-refractivity contribution in [3.63, 3.8) is 0 Å². The van der Waals surface area contributed by atoms with Crippen LogP contribution in [0.25, 0.3) is 0 Å². The van der Waals surface area contributed by atoms with Crippen LogP contribution < -0.4 is 0 Å². The fourth-order valence-electron chi connectivity index (χ4n) is 2.36. The number of benzene rings is 1. The molecule has 2 aliphatic rings. The minimum absolute atomic E-state index is 0.232. The van der Waals surface area contributed by atoms with Crippen LogP contribution in [0.5, 0.6) is 0 Å². The van der Waals surface area contributed by atoms with Crippen molar-refractivity contribution in [3.05, 3.63) is 56.7 Å². The van der Waals surface area contributed by atoms with Gasteiger partial charge >= 0.3 is 5.97 Å². The minimum Gasteiger partial charge on any atom is -0.452 e. The molecule has 21 heavy (non-hydrogen) atoms. The Hall–Kier alpha value is -2.35. The van der Waals surface area contributed by atoms with Crippen molar-refractivity contribution in [1.29, 1.82) is 0 Å². The molecule has 108 valence electrons. The molecule has 1 aromatic carbocycles. The molecule has 1 saturated heterocycles. The fraction of sp³-hybridized carbons (Fsp3) is 0.231. The Morgan fingerprint density at radius 1 is 1.38 bits per heavy atom. The highest BCUT2D eigenvalue weighted by Gasteiger charge is 2.47. The van der Waals surface area contributed by atoms with E-state index in [1.807, 2.05) is 0 Å². The third kappa shape index (κ3) is 2.17. The lowest BCUT2D eigenvalue weighted by Crippen LogP contribution is -2.29. The maximum atomic E-state index is 12.3. The zero-order chi connectivity index (χ0) is 15.1. The minimum atomic E-state index is -0.716. The van der Waals surface area contributed by atoms with Crippen LogP contribution >= 0.6 is 11.8 Å². The molecule has 0 radical (unpaired) electrons. The van der Waals surface area contributed by atoms with Crippen molar-refractivity contribution in [2.75, 3.05) is 7.05 Å². The number of rotatable bonds is 2. The molecule has 1 amide bonds. The molecule has 0 saturated carbocycles. The lowest BCUT2D eigenvalue weighted by atomic mass is 10.0. The number of amides is 1. The predicted molar refractivity (Wildman–Crippen MR) is 73.8 cm³/mol. The monoisotopic (exact) mass is 306 g/mol. The molecule has 0 unspecified atom stereocenters. The second-order valence-electron chi connectivity index (χ2n) is 4.60. The lowest BCUT2D eigenvalue weighted by Gasteiger charge is -2.15. The van der Waals surface area contributed by atoms with Gasteiger partial charge in [-0.05, 0) is 6.07 Å². The molecule has 2 atom stereocenters. The van der Waals surface area contributed by atoms with E-state index in [1.165, 1.54) is 11.9 Å². The van der Waals surface area contributed by atoms with Gasteiger partial charge in [0, 0.05) is 12.6 Å². The van der Waals surface area contributed by atoms with Crippen LogP contribution in [0.15, 0.2) is 35.5 Å². The number of cyclic esters (lactones) is 1. The summed E-state index contributed by atoms with van der Waals surface area (Å²) in [7, 11) is 1.47. The predicted octanol–water partition coefficient (Wildman–Crippen LogP) is 1.55. The maximum Gasteiger partial charge on any atom is 0.339 e. The van der Waals surface area contributed by atoms with Gasteiger partial charge in [0.05, 0.1) is 10.5 Å². The number of hydrogen-bond acceptors (Lipinski definition) is 6. The van der Waals surface area contributed by atoms with Crippen molar-refractivity contribution in [1.82, 2.24) is 4.90 Å². The van der Waals surface area contributed by atoms with E-state index in [0.717, 1.165) is 18.0 Å². The molecule has 0 spiro atoms. The summed E-state index contributed by atoms with van der Waals surface area (Å²) < 4.78 is 5.28. The van der Waals surface area contributed by atoms with Gasteiger partial charge in [-0.1, -0.05) is 30.0 Å². The number of fused-ring (bicyclic) bond motifs is 1. The standard InChI is InChI=1S/C13H10N2O5S/c1-14-9(6-15(18)19)21-11(12(14)16)10-7-4-2-3-5-8(7)13(17)20-10/h2-6,10-11H,1H3/b9-6-/t10-,11+/m1/s1. The number of nitro groups is 1. The summed E-state index contributed by atoms with van der Waals surface area (Å²) in [5, 5.41) is 10.1. The number of carbonyl (C=O) groups is 2. The highest BCUT2D eigenvalue weighted by molar-refractivity contribution is 8.04. The molecule has 1 aromatic rings. The van der Waals surface area contributed by atoms with Gasteiger partial charge in [0.2, 0.25) is 5.91 Å². The Bertz CT molecular complexity index is 687. The molecule has 3 rings (SSSR count). The van der Waals surface area contributed by atoms with E-state index in [1.54, 1.807) is 24.3 Å². The van der Waals surface area contributed by atoms with E-state index in [9.17, 15) is 19.7 Å². The van der Waals surface area contributed by atoms with Crippen LogP contribution in [0.2, 0.25) is 0 Å². The first-order valence-electron chi connectivity index (χ1n) is 6.08. The zero-order valence-corrected chi connectivity index (χ0v) is 11.7. The summed E-state index contributed by atoms with van der Waals surface area (Å²) in [4.78, 5) is 35.2. The topological polar surface area (TPSA) is 89.8 Å². The first kappa shape index (κ1) is 13.6. The molecule has 8 heteroatoms. The first-order valence-corrected chi connectivity index (χ1v) is 6.96. The Morgan fingerprint density at radius 3 is 2.81 bits per heavy atom. The number of hydrogen-bond donors (Lipinski definition) is 0. The third-order valence-electron chi connectivity index (χ3n) is 3.36. The average molecular weight is 306 g/mol. The van der Waals surface area contributed by atoms with Gasteiger partial charge in [-0.3, -0.25) is 14.9 Å². The van der Waals surface area contributed by atoms with Crippen molar-refractivity contribution in [3.8, 4) is 0 Å². The molecule has 1 fully saturated rings. The highest BCUT2D eigenvalue weighted by atomic mass is 32.2. The van der Waals surface area contributed by atoms with Gasteiger partial charge in [0.15, 0.2) is 0 Å². The van der Waals surface area contributed by atoms with Gasteiger partial charge in [0.1, 0.15) is 16.4 Å². The van der Waals surface area contributed by atoms with E-state index in [-0.39, 0.29) is 10.9 Å². The van der Waals surface area contributed by atoms with E-state index in [0.29, 0.717) is 11.1 Å². The van der Waals surface area contributed by atoms with Crippen LogP contribution in [-0.2, 0) is 9.53 Å². The quantitative estimate of drug-likeness (QED) is 0.468. The molecule has 7 nitrogen and oxygen atoms in total. The molecule has 0 bridgehead atoms. The molecule has 2 heterocycles. The Kier molecular flexibility index (Phi) is 3.17. The smallest absolute Gasteiger partial charge is 0.339 e. The molecular weight excluding hydrogens is 296 g/mol. The van der Waals surface area contributed by atoms with E-state index in [2.05, 4.69) is 0 Å². The summed E-state index contributed by atoms with van der Waals surface area (Å²) in [5.41, 5.74) is 1.08. The Morgan fingerprint density at radius 2 is 2.10 bits per heavy atom. The fourth-order valence-corrected chi connectivity index (χ4v) is 3.60. The summed E-state index contributed by atoms with van der Waals surface area (Å²) >= 11 is 1.04. The van der Waals surface area contributed by atoms with Crippen molar-refractivity contribution in [2.45, 2.75) is 11.4 Å². The number of esters is 1. The summed E-state index contributed by atoms with van der Waals surface area (Å²) in [6, 6.07) is 6.85. The van der Waals surface area contributed by atoms with Gasteiger partial charge in [-0.15, -0.1) is 0 Å². The van der Waals surface area contributed by atoms with Gasteiger partial charge in [0.25, 0.3) is 6.20 Å². The van der Waals surface area contributed by atoms with E-state index >= 15 is 0 Å². The summed E-state index contributed by atoms with van der Waals surface area (Å²) in [6.07, 6.45) is 0.0666. The molecule has 2 aliphatic heterocycles. The normalized spacial score (nSPS) is 26.1. The second-order valence-corrected chi connectivity index (χ2v) is 5.76. The Balaban J connectivity index is 1.95. The molecule has 0 N–H and O–H groups in total. The number of carbonyl (C=O) groups excluding carboxylic acids is 2. The maximum absolute atomic E-state index is 12.3. The number of ether oxygens (including phenoxy) is 1. The van der Waals surface area contributed by atoms with E-state index in [4.69, 9.17) is 4.74 Å². The van der Waals surface area contributed by atoms with Crippen molar-refractivity contribution in [2.24, 2.45) is 0 Å². The van der Waals surface area contributed by atoms with Crippen molar-refractivity contribution >= 4 is 23.6 Å². The molecule has 0 aromatic heterocycles. The lowest BCUT2D eigenvalue weighted by molar-refractivity contribution is -0.403. The SMILES string of the molecule is CN1C(=O)[C@H]([C@@H]2OC(=O)c3ccccc32)S/C1=C\[N+](=O)[O-]. The van der Waals surface area contributed by atoms with Gasteiger partial charge in [-0.25, -0.2) is 4.79 Å². The largest absolute Gasteiger partial charge is 0.452 e. The van der Waals surface area contributed by atoms with Crippen LogP contribution in [-0.4, -0.2) is 34.0 Å². The summed E-state index contributed by atoms with van der Waals surface area (Å²) in [6.45, 7) is 0. The molecule has 0 aliphatic carbocycles. The van der Waals surface area contributed by atoms with Gasteiger partial charge < -0.3 is 9.64 Å². The zero-order valence-electron chi connectivity index (χ0n) is 10.9. The summed E-state index contributed by atoms with van der Waals surface area (Å²) in [5.74, 6) is -0.791. The number of nitrogens with zero attached hydrogens (tertiary/aromatic N) is 2. The third-order valence-corrected chi connectivity index (χ3v) is 4.69. The first-order chi connectivity index (χ1) is 9.99.